The molecule has 6 nitrogen and oxygen atoms in total. The minimum atomic E-state index is -0.756. The van der Waals surface area contributed by atoms with Crippen LogP contribution in [-0.4, -0.2) is 78.5 Å². The van der Waals surface area contributed by atoms with Gasteiger partial charge in [0.15, 0.2) is 6.29 Å². The molecule has 0 radical (unpaired) electrons. The van der Waals surface area contributed by atoms with Crippen LogP contribution in [0.1, 0.15) is 73.1 Å². The molecule has 3 aliphatic carbocycles. The monoisotopic (exact) mass is 460 g/mol. The Kier molecular flexibility index (Phi) is 5.05. The van der Waals surface area contributed by atoms with Crippen molar-refractivity contribution in [3.8, 4) is 0 Å². The molecule has 3 aliphatic heterocycles. The van der Waals surface area contributed by atoms with Crippen molar-refractivity contribution in [2.75, 3.05) is 26.7 Å². The van der Waals surface area contributed by atoms with E-state index in [2.05, 4.69) is 51.9 Å². The number of rotatable bonds is 3. The Balaban J connectivity index is 1.46. The number of hydrogen-bond acceptors (Lipinski definition) is 6. The highest BCUT2D eigenvalue weighted by Crippen LogP contribution is 2.64. The van der Waals surface area contributed by atoms with E-state index >= 15 is 0 Å². The molecule has 3 heterocycles. The van der Waals surface area contributed by atoms with Gasteiger partial charge in [0, 0.05) is 30.0 Å². The minimum Gasteiger partial charge on any atom is -0.389 e. The molecule has 0 aromatic heterocycles. The summed E-state index contributed by atoms with van der Waals surface area (Å²) in [7, 11) is 2.09. The molecule has 0 amide bonds. The van der Waals surface area contributed by atoms with Crippen LogP contribution >= 0.6 is 0 Å². The van der Waals surface area contributed by atoms with E-state index in [1.54, 1.807) is 0 Å². The molecular weight excluding hydrogens is 416 g/mol. The van der Waals surface area contributed by atoms with E-state index < -0.39 is 5.60 Å². The fourth-order valence-corrected chi connectivity index (χ4v) is 8.67. The van der Waals surface area contributed by atoms with Gasteiger partial charge in [0.05, 0.1) is 30.0 Å². The third kappa shape index (κ3) is 2.88. The van der Waals surface area contributed by atoms with Gasteiger partial charge in [-0.3, -0.25) is 4.90 Å². The van der Waals surface area contributed by atoms with E-state index in [0.717, 1.165) is 51.8 Å². The lowest BCUT2D eigenvalue weighted by molar-refractivity contribution is -0.256. The molecule has 33 heavy (non-hydrogen) atoms. The molecule has 9 atom stereocenters. The zero-order chi connectivity index (χ0) is 23.4. The SMILES string of the molecule is CN[C@@]12CO[C@@H]1CC[C@]1(C)C2C[C@]2(O)CCC(C)=C([C@H]3O[C@@H](CN4CC[C@H]4C)O[C@H]31)C2(C)C. The first-order valence-corrected chi connectivity index (χ1v) is 13.3. The Morgan fingerprint density at radius 2 is 1.94 bits per heavy atom. The van der Waals surface area contributed by atoms with Crippen molar-refractivity contribution in [1.82, 2.24) is 10.2 Å². The van der Waals surface area contributed by atoms with Crippen LogP contribution in [0.2, 0.25) is 0 Å². The van der Waals surface area contributed by atoms with Crippen molar-refractivity contribution >= 4 is 0 Å². The average Bonchev–Trinajstić information content (AvgIpc) is 3.16. The Hall–Kier alpha value is -0.500. The Labute approximate surface area is 199 Å². The molecule has 3 saturated heterocycles. The average molecular weight is 461 g/mol. The predicted molar refractivity (Wildman–Crippen MR) is 127 cm³/mol. The molecule has 6 heteroatoms. The number of nitrogens with one attached hydrogen (secondary N) is 1. The normalized spacial score (nSPS) is 53.2. The molecular formula is C27H44N2O4. The van der Waals surface area contributed by atoms with E-state index in [-0.39, 0.29) is 46.9 Å². The van der Waals surface area contributed by atoms with Crippen LogP contribution in [0.15, 0.2) is 11.1 Å². The molecule has 1 unspecified atom stereocenters. The number of nitrogens with zero attached hydrogens (tertiary/aromatic N) is 1. The second-order valence-corrected chi connectivity index (χ2v) is 12.9. The quantitative estimate of drug-likeness (QED) is 0.631. The van der Waals surface area contributed by atoms with Crippen LogP contribution in [0.3, 0.4) is 0 Å². The molecule has 5 fully saturated rings. The number of ether oxygens (including phenoxy) is 3. The van der Waals surface area contributed by atoms with Crippen molar-refractivity contribution in [3.05, 3.63) is 11.1 Å². The molecule has 2 saturated carbocycles. The second-order valence-electron chi connectivity index (χ2n) is 12.9. The Bertz CT molecular complexity index is 855. The zero-order valence-electron chi connectivity index (χ0n) is 21.4. The maximum Gasteiger partial charge on any atom is 0.171 e. The van der Waals surface area contributed by atoms with E-state index in [0.29, 0.717) is 6.04 Å². The van der Waals surface area contributed by atoms with Gasteiger partial charge >= 0.3 is 0 Å². The van der Waals surface area contributed by atoms with Crippen LogP contribution in [-0.2, 0) is 14.2 Å². The summed E-state index contributed by atoms with van der Waals surface area (Å²) in [4.78, 5) is 2.49. The third-order valence-corrected chi connectivity index (χ3v) is 11.3. The zero-order valence-corrected chi connectivity index (χ0v) is 21.4. The smallest absolute Gasteiger partial charge is 0.171 e. The second kappa shape index (κ2) is 7.27. The summed E-state index contributed by atoms with van der Waals surface area (Å²) in [5, 5.41) is 16.1. The molecule has 0 aromatic carbocycles. The first kappa shape index (κ1) is 22.9. The maximum absolute atomic E-state index is 12.3. The predicted octanol–water partition coefficient (Wildman–Crippen LogP) is 3.24. The first-order chi connectivity index (χ1) is 15.6. The number of aliphatic hydroxyl groups is 1. The van der Waals surface area contributed by atoms with Gasteiger partial charge < -0.3 is 24.6 Å². The van der Waals surface area contributed by atoms with Crippen LogP contribution in [0.5, 0.6) is 0 Å². The highest BCUT2D eigenvalue weighted by atomic mass is 16.7. The summed E-state index contributed by atoms with van der Waals surface area (Å²) < 4.78 is 19.9. The van der Waals surface area contributed by atoms with Gasteiger partial charge in [-0.25, -0.2) is 0 Å². The van der Waals surface area contributed by atoms with E-state index in [9.17, 15) is 5.11 Å². The van der Waals surface area contributed by atoms with Gasteiger partial charge in [0.2, 0.25) is 0 Å². The van der Waals surface area contributed by atoms with Gasteiger partial charge in [-0.2, -0.15) is 0 Å². The van der Waals surface area contributed by atoms with Gasteiger partial charge in [0.25, 0.3) is 0 Å². The van der Waals surface area contributed by atoms with Crippen molar-refractivity contribution in [2.45, 2.75) is 115 Å². The fourth-order valence-electron chi connectivity index (χ4n) is 8.67. The van der Waals surface area contributed by atoms with E-state index in [1.807, 2.05) is 0 Å². The van der Waals surface area contributed by atoms with E-state index in [4.69, 9.17) is 14.2 Å². The Morgan fingerprint density at radius 3 is 2.55 bits per heavy atom. The topological polar surface area (TPSA) is 63.2 Å². The van der Waals surface area contributed by atoms with Gasteiger partial charge in [-0.05, 0) is 70.9 Å². The van der Waals surface area contributed by atoms with Crippen LogP contribution in [0.4, 0.5) is 0 Å². The van der Waals surface area contributed by atoms with Crippen molar-refractivity contribution in [2.24, 2.45) is 16.7 Å². The van der Waals surface area contributed by atoms with E-state index in [1.165, 1.54) is 17.6 Å². The lowest BCUT2D eigenvalue weighted by Gasteiger charge is -2.67. The van der Waals surface area contributed by atoms with Crippen molar-refractivity contribution < 1.29 is 19.3 Å². The first-order valence-electron chi connectivity index (χ1n) is 13.3. The largest absolute Gasteiger partial charge is 0.389 e. The molecule has 2 bridgehead atoms. The van der Waals surface area contributed by atoms with Crippen molar-refractivity contribution in [3.63, 3.8) is 0 Å². The van der Waals surface area contributed by atoms with Crippen LogP contribution < -0.4 is 5.32 Å². The summed E-state index contributed by atoms with van der Waals surface area (Å²) >= 11 is 0. The lowest BCUT2D eigenvalue weighted by Crippen LogP contribution is -2.78. The number of fused-ring (bicyclic) bond motifs is 8. The molecule has 6 aliphatic rings. The summed E-state index contributed by atoms with van der Waals surface area (Å²) in [5.41, 5.74) is 1.42. The molecule has 0 aromatic rings. The fraction of sp³-hybridized carbons (Fsp3) is 0.926. The Morgan fingerprint density at radius 1 is 1.15 bits per heavy atom. The summed E-state index contributed by atoms with van der Waals surface area (Å²) in [6.45, 7) is 14.2. The highest BCUT2D eigenvalue weighted by molar-refractivity contribution is 5.36. The third-order valence-electron chi connectivity index (χ3n) is 11.3. The maximum atomic E-state index is 12.3. The summed E-state index contributed by atoms with van der Waals surface area (Å²) in [6.07, 6.45) is 5.82. The standard InChI is InChI=1S/C27H44N2O4/c1-16-7-11-26(30)13-18-25(5,10-8-19-27(18,28-6)15-31-19)23-22(21(16)24(26,3)4)32-20(33-23)14-29-12-9-17(29)2/h17-20,22-23,28,30H,7-15H2,1-6H3/t17-,18?,19-,20-,22-,23-,25-,26-,27-/m1/s1. The number of likely N-dealkylation sites (tertiary alicyclic amines) is 1. The molecule has 186 valence electrons. The number of allylic oxidation sites excluding steroid dienone is 1. The van der Waals surface area contributed by atoms with Gasteiger partial charge in [0.1, 0.15) is 6.10 Å². The van der Waals surface area contributed by atoms with Gasteiger partial charge in [-0.15, -0.1) is 0 Å². The summed E-state index contributed by atoms with van der Waals surface area (Å²) in [5.74, 6) is 0.268. The van der Waals surface area contributed by atoms with Crippen LogP contribution in [0.25, 0.3) is 0 Å². The summed E-state index contributed by atoms with van der Waals surface area (Å²) in [6, 6.07) is 0.612. The molecule has 0 spiro atoms. The molecule has 2 N–H and O–H groups in total. The van der Waals surface area contributed by atoms with Crippen LogP contribution in [0, 0.1) is 16.7 Å². The van der Waals surface area contributed by atoms with Gasteiger partial charge in [-0.1, -0.05) is 26.3 Å². The van der Waals surface area contributed by atoms with Crippen molar-refractivity contribution in [1.29, 1.82) is 0 Å². The number of likely N-dealkylation sites (N-methyl/N-ethyl adjacent to an activating group) is 1. The lowest BCUT2D eigenvalue weighted by atomic mass is 9.45. The minimum absolute atomic E-state index is 0.00253. The number of hydrogen-bond donors (Lipinski definition) is 2. The highest BCUT2D eigenvalue weighted by Gasteiger charge is 2.70. The molecule has 6 rings (SSSR count).